The number of fused-ring (bicyclic) bond motifs is 1. The van der Waals surface area contributed by atoms with E-state index in [1.807, 2.05) is 0 Å². The average molecular weight is 280 g/mol. The van der Waals surface area contributed by atoms with Gasteiger partial charge in [0.05, 0.1) is 6.20 Å². The standard InChI is InChI=1S/C9H7F3N2O3S/c1-6-4-7-8(2-3-13-14(7)5-6)17-18(15,16)9(10,11)12/h2-5H,1H3. The van der Waals surface area contributed by atoms with Gasteiger partial charge in [-0.2, -0.15) is 26.7 Å². The van der Waals surface area contributed by atoms with E-state index in [0.717, 1.165) is 12.3 Å². The van der Waals surface area contributed by atoms with E-state index in [1.54, 1.807) is 6.92 Å². The molecule has 0 unspecified atom stereocenters. The Morgan fingerprint density at radius 1 is 1.39 bits per heavy atom. The molecule has 0 N–H and O–H groups in total. The lowest BCUT2D eigenvalue weighted by molar-refractivity contribution is -0.0499. The molecule has 0 radical (unpaired) electrons. The highest BCUT2D eigenvalue weighted by Crippen LogP contribution is 2.29. The molecule has 98 valence electrons. The SMILES string of the molecule is Cc1cc2c(OS(=O)(=O)C(F)(F)F)ccnn2c1. The lowest BCUT2D eigenvalue weighted by Crippen LogP contribution is -2.28. The maximum absolute atomic E-state index is 12.2. The van der Waals surface area contributed by atoms with Crippen LogP contribution in [0.5, 0.6) is 5.75 Å². The van der Waals surface area contributed by atoms with Crippen molar-refractivity contribution in [1.82, 2.24) is 9.61 Å². The first-order valence-electron chi connectivity index (χ1n) is 4.65. The van der Waals surface area contributed by atoms with Crippen LogP contribution in [0.1, 0.15) is 5.56 Å². The fourth-order valence-corrected chi connectivity index (χ4v) is 1.83. The Morgan fingerprint density at radius 2 is 2.06 bits per heavy atom. The molecule has 9 heteroatoms. The summed E-state index contributed by atoms with van der Waals surface area (Å²) in [6.07, 6.45) is 2.68. The van der Waals surface area contributed by atoms with Crippen LogP contribution in [0.25, 0.3) is 5.52 Å². The molecule has 0 aliphatic heterocycles. The van der Waals surface area contributed by atoms with Gasteiger partial charge in [-0.1, -0.05) is 0 Å². The predicted molar refractivity (Wildman–Crippen MR) is 55.5 cm³/mol. The number of aromatic nitrogens is 2. The van der Waals surface area contributed by atoms with Crippen LogP contribution in [0.3, 0.4) is 0 Å². The van der Waals surface area contributed by atoms with Crippen LogP contribution in [0.2, 0.25) is 0 Å². The van der Waals surface area contributed by atoms with Crippen molar-refractivity contribution < 1.29 is 25.8 Å². The van der Waals surface area contributed by atoms with Gasteiger partial charge >= 0.3 is 15.6 Å². The van der Waals surface area contributed by atoms with E-state index in [1.165, 1.54) is 16.8 Å². The van der Waals surface area contributed by atoms with Gasteiger partial charge < -0.3 is 4.18 Å². The molecule has 0 fully saturated rings. The summed E-state index contributed by atoms with van der Waals surface area (Å²) in [7, 11) is -5.67. The summed E-state index contributed by atoms with van der Waals surface area (Å²) in [6, 6.07) is 2.52. The summed E-state index contributed by atoms with van der Waals surface area (Å²) in [5.41, 5.74) is -4.61. The molecule has 0 saturated carbocycles. The van der Waals surface area contributed by atoms with Gasteiger partial charge in [0.2, 0.25) is 0 Å². The van der Waals surface area contributed by atoms with Crippen LogP contribution in [0.15, 0.2) is 24.5 Å². The minimum absolute atomic E-state index is 0.142. The summed E-state index contributed by atoms with van der Waals surface area (Å²) in [6.45, 7) is 1.69. The molecule has 2 aromatic rings. The third-order valence-corrected chi connectivity index (χ3v) is 3.06. The molecule has 0 atom stereocenters. The van der Waals surface area contributed by atoms with Crippen molar-refractivity contribution >= 4 is 15.6 Å². The fraction of sp³-hybridized carbons (Fsp3) is 0.222. The normalized spacial score (nSPS) is 12.9. The quantitative estimate of drug-likeness (QED) is 0.622. The zero-order valence-electron chi connectivity index (χ0n) is 8.97. The number of hydrogen-bond donors (Lipinski definition) is 0. The third-order valence-electron chi connectivity index (χ3n) is 2.09. The molecule has 0 spiro atoms. The topological polar surface area (TPSA) is 60.7 Å². The van der Waals surface area contributed by atoms with Crippen LogP contribution >= 0.6 is 0 Å². The van der Waals surface area contributed by atoms with Crippen molar-refractivity contribution in [3.05, 3.63) is 30.1 Å². The van der Waals surface area contributed by atoms with Gasteiger partial charge in [0.1, 0.15) is 5.52 Å². The van der Waals surface area contributed by atoms with Crippen LogP contribution in [0, 0.1) is 6.92 Å². The first kappa shape index (κ1) is 12.7. The van der Waals surface area contributed by atoms with E-state index in [2.05, 4.69) is 9.28 Å². The van der Waals surface area contributed by atoms with Crippen molar-refractivity contribution in [2.24, 2.45) is 0 Å². The van der Waals surface area contributed by atoms with E-state index in [4.69, 9.17) is 0 Å². The number of nitrogens with zero attached hydrogens (tertiary/aromatic N) is 2. The molecule has 2 aromatic heterocycles. The lowest BCUT2D eigenvalue weighted by Gasteiger charge is -2.09. The van der Waals surface area contributed by atoms with Gasteiger partial charge in [-0.25, -0.2) is 4.52 Å². The molecule has 0 saturated heterocycles. The number of halogens is 3. The minimum atomic E-state index is -5.67. The van der Waals surface area contributed by atoms with Crippen molar-refractivity contribution in [2.75, 3.05) is 0 Å². The zero-order chi connectivity index (χ0) is 13.6. The predicted octanol–water partition coefficient (Wildman–Crippen LogP) is 1.87. The molecule has 0 amide bonds. The van der Waals surface area contributed by atoms with Crippen LogP contribution in [0.4, 0.5) is 13.2 Å². The third kappa shape index (κ3) is 2.13. The summed E-state index contributed by atoms with van der Waals surface area (Å²) < 4.78 is 63.7. The summed E-state index contributed by atoms with van der Waals surface area (Å²) >= 11 is 0. The highest BCUT2D eigenvalue weighted by molar-refractivity contribution is 7.88. The maximum Gasteiger partial charge on any atom is 0.534 e. The molecular formula is C9H7F3N2O3S. The number of alkyl halides is 3. The van der Waals surface area contributed by atoms with Crippen molar-refractivity contribution in [3.63, 3.8) is 0 Å². The first-order valence-corrected chi connectivity index (χ1v) is 6.06. The van der Waals surface area contributed by atoms with E-state index >= 15 is 0 Å². The molecule has 18 heavy (non-hydrogen) atoms. The molecule has 0 aliphatic carbocycles. The smallest absolute Gasteiger partial charge is 0.374 e. The minimum Gasteiger partial charge on any atom is -0.374 e. The van der Waals surface area contributed by atoms with Crippen molar-refractivity contribution in [3.8, 4) is 5.75 Å². The van der Waals surface area contributed by atoms with Crippen molar-refractivity contribution in [2.45, 2.75) is 12.4 Å². The van der Waals surface area contributed by atoms with Crippen LogP contribution in [-0.4, -0.2) is 23.5 Å². The van der Waals surface area contributed by atoms with E-state index in [9.17, 15) is 21.6 Å². The summed E-state index contributed by atoms with van der Waals surface area (Å²) in [4.78, 5) is 0. The Bertz CT molecular complexity index is 691. The Morgan fingerprint density at radius 3 is 2.67 bits per heavy atom. The highest BCUT2D eigenvalue weighted by atomic mass is 32.2. The number of rotatable bonds is 2. The average Bonchev–Trinajstić information content (AvgIpc) is 2.57. The molecule has 0 aromatic carbocycles. The van der Waals surface area contributed by atoms with Gasteiger partial charge in [0, 0.05) is 12.3 Å². The zero-order valence-corrected chi connectivity index (χ0v) is 9.79. The van der Waals surface area contributed by atoms with Gasteiger partial charge in [0.25, 0.3) is 0 Å². The Kier molecular flexibility index (Phi) is 2.73. The van der Waals surface area contributed by atoms with Gasteiger partial charge in [-0.3, -0.25) is 0 Å². The Balaban J connectivity index is 2.51. The second kappa shape index (κ2) is 3.87. The largest absolute Gasteiger partial charge is 0.534 e. The molecular weight excluding hydrogens is 273 g/mol. The Labute approximate surface area is 99.9 Å². The lowest BCUT2D eigenvalue weighted by atomic mass is 10.3. The summed E-state index contributed by atoms with van der Waals surface area (Å²) in [5, 5.41) is 3.82. The van der Waals surface area contributed by atoms with Crippen molar-refractivity contribution in [1.29, 1.82) is 0 Å². The first-order chi connectivity index (χ1) is 8.21. The fourth-order valence-electron chi connectivity index (χ4n) is 1.36. The monoisotopic (exact) mass is 280 g/mol. The molecule has 2 heterocycles. The van der Waals surface area contributed by atoms with E-state index < -0.39 is 21.4 Å². The molecule has 2 rings (SSSR count). The summed E-state index contributed by atoms with van der Waals surface area (Å²) in [5.74, 6) is -0.421. The number of aryl methyl sites for hydroxylation is 1. The van der Waals surface area contributed by atoms with Gasteiger partial charge in [-0.15, -0.1) is 0 Å². The maximum atomic E-state index is 12.2. The number of hydrogen-bond acceptors (Lipinski definition) is 4. The van der Waals surface area contributed by atoms with Gasteiger partial charge in [-0.05, 0) is 18.6 Å². The second-order valence-corrected chi connectivity index (χ2v) is 5.06. The van der Waals surface area contributed by atoms with E-state index in [-0.39, 0.29) is 5.52 Å². The van der Waals surface area contributed by atoms with Gasteiger partial charge in [0.15, 0.2) is 5.75 Å². The second-order valence-electron chi connectivity index (χ2n) is 3.53. The van der Waals surface area contributed by atoms with Crippen LogP contribution < -0.4 is 4.18 Å². The molecule has 0 bridgehead atoms. The van der Waals surface area contributed by atoms with Crippen LogP contribution in [-0.2, 0) is 10.1 Å². The molecule has 5 nitrogen and oxygen atoms in total. The van der Waals surface area contributed by atoms with E-state index in [0.29, 0.717) is 5.56 Å². The Hall–Kier alpha value is -1.77. The molecule has 0 aliphatic rings. The highest BCUT2D eigenvalue weighted by Gasteiger charge is 2.48.